The molecule has 1 N–H and O–H groups in total. The van der Waals surface area contributed by atoms with Crippen molar-refractivity contribution in [2.75, 3.05) is 0 Å². The first-order valence-electron chi connectivity index (χ1n) is 16.2. The standard InChI is InChI=1S/C43H28N6/c1-3-7-28(8-4-1)29-11-13-32(14-12-29)42-47-41(31-9-5-2-6-10-31)48-43(49-42)34-16-20-40-37(26-34)36-25-33(15-19-39(36)46-40)38-18-17-35(27-45-38)30-21-23-44-24-22-30/h1-27,46H. The second-order valence-corrected chi connectivity index (χ2v) is 11.9. The molecule has 0 spiro atoms. The number of H-pyrrole nitrogens is 1. The summed E-state index contributed by atoms with van der Waals surface area (Å²) in [7, 11) is 0. The van der Waals surface area contributed by atoms with Gasteiger partial charge in [0.05, 0.1) is 5.69 Å². The highest BCUT2D eigenvalue weighted by atomic mass is 15.0. The highest BCUT2D eigenvalue weighted by Crippen LogP contribution is 2.34. The highest BCUT2D eigenvalue weighted by molar-refractivity contribution is 6.09. The van der Waals surface area contributed by atoms with Gasteiger partial charge in [0.2, 0.25) is 0 Å². The number of nitrogens with zero attached hydrogens (tertiary/aromatic N) is 5. The lowest BCUT2D eigenvalue weighted by Crippen LogP contribution is -2.00. The molecule has 0 bridgehead atoms. The average molecular weight is 629 g/mol. The maximum atomic E-state index is 5.03. The molecular formula is C43H28N6. The van der Waals surface area contributed by atoms with Crippen LogP contribution < -0.4 is 0 Å². The third-order valence-electron chi connectivity index (χ3n) is 8.85. The number of aromatic amines is 1. The fourth-order valence-electron chi connectivity index (χ4n) is 6.27. The fraction of sp³-hybridized carbons (Fsp3) is 0. The maximum Gasteiger partial charge on any atom is 0.164 e. The number of hydrogen-bond donors (Lipinski definition) is 1. The van der Waals surface area contributed by atoms with E-state index in [-0.39, 0.29) is 0 Å². The van der Waals surface area contributed by atoms with Crippen molar-refractivity contribution < 1.29 is 0 Å². The molecular weight excluding hydrogens is 601 g/mol. The lowest BCUT2D eigenvalue weighted by molar-refractivity contribution is 1.07. The summed E-state index contributed by atoms with van der Waals surface area (Å²) < 4.78 is 0. The van der Waals surface area contributed by atoms with Crippen molar-refractivity contribution in [2.24, 2.45) is 0 Å². The molecule has 0 aliphatic heterocycles. The molecule has 6 heteroatoms. The monoisotopic (exact) mass is 628 g/mol. The summed E-state index contributed by atoms with van der Waals surface area (Å²) >= 11 is 0. The molecule has 0 radical (unpaired) electrons. The zero-order valence-electron chi connectivity index (χ0n) is 26.3. The zero-order valence-corrected chi connectivity index (χ0v) is 26.3. The summed E-state index contributed by atoms with van der Waals surface area (Å²) in [6.45, 7) is 0. The fourth-order valence-corrected chi connectivity index (χ4v) is 6.27. The van der Waals surface area contributed by atoms with Gasteiger partial charge in [0.25, 0.3) is 0 Å². The van der Waals surface area contributed by atoms with Gasteiger partial charge in [-0.1, -0.05) is 97.1 Å². The van der Waals surface area contributed by atoms with E-state index >= 15 is 0 Å². The number of aromatic nitrogens is 6. The van der Waals surface area contributed by atoms with Crippen molar-refractivity contribution in [3.8, 4) is 67.7 Å². The number of fused-ring (bicyclic) bond motifs is 3. The molecule has 0 fully saturated rings. The van der Waals surface area contributed by atoms with Gasteiger partial charge in [0.1, 0.15) is 0 Å². The van der Waals surface area contributed by atoms with E-state index in [0.29, 0.717) is 17.5 Å². The van der Waals surface area contributed by atoms with E-state index in [9.17, 15) is 0 Å². The number of rotatable bonds is 6. The van der Waals surface area contributed by atoms with Crippen LogP contribution in [0.2, 0.25) is 0 Å². The zero-order chi connectivity index (χ0) is 32.6. The smallest absolute Gasteiger partial charge is 0.164 e. The lowest BCUT2D eigenvalue weighted by atomic mass is 10.0. The first kappa shape index (κ1) is 28.4. The molecule has 4 aromatic heterocycles. The molecule has 0 saturated heterocycles. The van der Waals surface area contributed by atoms with Crippen LogP contribution in [0, 0.1) is 0 Å². The summed E-state index contributed by atoms with van der Waals surface area (Å²) in [6, 6.07) is 49.8. The molecule has 0 atom stereocenters. The molecule has 0 amide bonds. The van der Waals surface area contributed by atoms with Gasteiger partial charge in [-0.25, -0.2) is 15.0 Å². The number of nitrogens with one attached hydrogen (secondary N) is 1. The van der Waals surface area contributed by atoms with Crippen LogP contribution in [0.15, 0.2) is 164 Å². The van der Waals surface area contributed by atoms with Crippen molar-refractivity contribution in [1.82, 2.24) is 29.9 Å². The summed E-state index contributed by atoms with van der Waals surface area (Å²) in [4.78, 5) is 27.5. The number of pyridine rings is 2. The Labute approximate surface area is 282 Å². The summed E-state index contributed by atoms with van der Waals surface area (Å²) in [5.74, 6) is 1.89. The molecule has 9 aromatic rings. The molecule has 49 heavy (non-hydrogen) atoms. The molecule has 0 unspecified atom stereocenters. The lowest BCUT2D eigenvalue weighted by Gasteiger charge is -2.09. The van der Waals surface area contributed by atoms with Gasteiger partial charge in [-0.05, 0) is 65.2 Å². The molecule has 0 aliphatic rings. The predicted octanol–water partition coefficient (Wildman–Crippen LogP) is 10.3. The van der Waals surface area contributed by atoms with Crippen LogP contribution in [-0.2, 0) is 0 Å². The Morgan fingerprint density at radius 1 is 0.367 bits per heavy atom. The van der Waals surface area contributed by atoms with Gasteiger partial charge in [0.15, 0.2) is 17.5 Å². The van der Waals surface area contributed by atoms with Crippen LogP contribution in [0.5, 0.6) is 0 Å². The van der Waals surface area contributed by atoms with E-state index < -0.39 is 0 Å². The third kappa shape index (κ3) is 5.51. The molecule has 9 rings (SSSR count). The molecule has 0 saturated carbocycles. The largest absolute Gasteiger partial charge is 0.355 e. The molecule has 4 heterocycles. The Kier molecular flexibility index (Phi) is 7.02. The van der Waals surface area contributed by atoms with Crippen LogP contribution in [-0.4, -0.2) is 29.9 Å². The van der Waals surface area contributed by atoms with Gasteiger partial charge >= 0.3 is 0 Å². The van der Waals surface area contributed by atoms with E-state index in [4.69, 9.17) is 19.9 Å². The SMILES string of the molecule is c1ccc(-c2ccc(-c3nc(-c4ccccc4)nc(-c4ccc5[nH]c6ccc(-c7ccc(-c8ccncc8)cn7)cc6c5c4)n3)cc2)cc1. The molecule has 5 aromatic carbocycles. The van der Waals surface area contributed by atoms with Crippen LogP contribution in [0.1, 0.15) is 0 Å². The first-order valence-corrected chi connectivity index (χ1v) is 16.2. The number of hydrogen-bond acceptors (Lipinski definition) is 5. The van der Waals surface area contributed by atoms with Gasteiger partial charge in [-0.2, -0.15) is 0 Å². The summed E-state index contributed by atoms with van der Waals surface area (Å²) in [5.41, 5.74) is 11.3. The van der Waals surface area contributed by atoms with Crippen molar-refractivity contribution in [3.05, 3.63) is 164 Å². The molecule has 0 aliphatic carbocycles. The predicted molar refractivity (Wildman–Crippen MR) is 197 cm³/mol. The van der Waals surface area contributed by atoms with Gasteiger partial charge in [-0.15, -0.1) is 0 Å². The van der Waals surface area contributed by atoms with Crippen molar-refractivity contribution in [2.45, 2.75) is 0 Å². The number of benzene rings is 5. The Morgan fingerprint density at radius 2 is 0.837 bits per heavy atom. The Morgan fingerprint density at radius 3 is 1.47 bits per heavy atom. The molecule has 6 nitrogen and oxygen atoms in total. The minimum atomic E-state index is 0.622. The van der Waals surface area contributed by atoms with E-state index in [1.807, 2.05) is 54.7 Å². The minimum Gasteiger partial charge on any atom is -0.355 e. The highest BCUT2D eigenvalue weighted by Gasteiger charge is 2.15. The normalized spacial score (nSPS) is 11.3. The Hall–Kier alpha value is -6.79. The van der Waals surface area contributed by atoms with Crippen molar-refractivity contribution in [3.63, 3.8) is 0 Å². The second-order valence-electron chi connectivity index (χ2n) is 11.9. The first-order chi connectivity index (χ1) is 24.2. The van der Waals surface area contributed by atoms with E-state index in [1.54, 1.807) is 12.4 Å². The van der Waals surface area contributed by atoms with Gasteiger partial charge in [0, 0.05) is 68.2 Å². The van der Waals surface area contributed by atoms with E-state index in [1.165, 1.54) is 5.56 Å². The minimum absolute atomic E-state index is 0.622. The van der Waals surface area contributed by atoms with Crippen LogP contribution in [0.4, 0.5) is 0 Å². The topological polar surface area (TPSA) is 80.2 Å². The Balaban J connectivity index is 1.12. The van der Waals surface area contributed by atoms with Crippen LogP contribution in [0.25, 0.3) is 89.5 Å². The van der Waals surface area contributed by atoms with E-state index in [0.717, 1.165) is 66.4 Å². The van der Waals surface area contributed by atoms with Gasteiger partial charge in [-0.3, -0.25) is 9.97 Å². The van der Waals surface area contributed by atoms with E-state index in [2.05, 4.69) is 107 Å². The second kappa shape index (κ2) is 12.1. The summed E-state index contributed by atoms with van der Waals surface area (Å²) in [5, 5.41) is 2.21. The van der Waals surface area contributed by atoms with Crippen LogP contribution >= 0.6 is 0 Å². The quantitative estimate of drug-likeness (QED) is 0.198. The van der Waals surface area contributed by atoms with Gasteiger partial charge < -0.3 is 4.98 Å². The maximum absolute atomic E-state index is 5.03. The third-order valence-corrected chi connectivity index (χ3v) is 8.85. The van der Waals surface area contributed by atoms with Crippen molar-refractivity contribution >= 4 is 21.8 Å². The molecule has 230 valence electrons. The Bertz CT molecular complexity index is 2560. The summed E-state index contributed by atoms with van der Waals surface area (Å²) in [6.07, 6.45) is 5.51. The van der Waals surface area contributed by atoms with Crippen LogP contribution in [0.3, 0.4) is 0 Å². The van der Waals surface area contributed by atoms with Crippen molar-refractivity contribution in [1.29, 1.82) is 0 Å². The average Bonchev–Trinajstić information content (AvgIpc) is 3.56.